The topological polar surface area (TPSA) is 46.5 Å². The van der Waals surface area contributed by atoms with E-state index in [-0.39, 0.29) is 13.0 Å². The minimum Gasteiger partial charge on any atom is -0.492 e. The van der Waals surface area contributed by atoms with Crippen molar-refractivity contribution in [1.29, 1.82) is 0 Å². The number of carboxylic acid groups (broad SMARTS) is 1. The van der Waals surface area contributed by atoms with Gasteiger partial charge in [-0.15, -0.1) is 0 Å². The molecule has 3 nitrogen and oxygen atoms in total. The third-order valence-electron chi connectivity index (χ3n) is 1.84. The second-order valence-electron chi connectivity index (χ2n) is 3.03. The van der Waals surface area contributed by atoms with Crippen LogP contribution in [0.1, 0.15) is 18.9 Å². The molecule has 0 radical (unpaired) electrons. The third kappa shape index (κ3) is 3.85. The summed E-state index contributed by atoms with van der Waals surface area (Å²) in [6, 6.07) is 7.54. The monoisotopic (exact) mass is 206 g/mol. The summed E-state index contributed by atoms with van der Waals surface area (Å²) in [5.74, 6) is -0.129. The number of hydrogen-bond donors (Lipinski definition) is 1. The maximum absolute atomic E-state index is 10.3. The molecule has 0 heterocycles. The van der Waals surface area contributed by atoms with Crippen LogP contribution in [0.25, 0.3) is 6.08 Å². The standard InChI is InChI=1S/C12H14O3/c1-2-5-10-6-3-4-7-11(10)15-9-8-12(13)14/h2-7H,8-9H2,1H3,(H,13,14)/b5-2+. The molecule has 1 aromatic carbocycles. The molecule has 0 fully saturated rings. The average Bonchev–Trinajstić information content (AvgIpc) is 2.20. The van der Waals surface area contributed by atoms with E-state index >= 15 is 0 Å². The molecule has 0 spiro atoms. The van der Waals surface area contributed by atoms with E-state index in [2.05, 4.69) is 0 Å². The average molecular weight is 206 g/mol. The Morgan fingerprint density at radius 1 is 1.47 bits per heavy atom. The molecule has 15 heavy (non-hydrogen) atoms. The summed E-state index contributed by atoms with van der Waals surface area (Å²) in [5.41, 5.74) is 0.963. The molecule has 0 aliphatic heterocycles. The Labute approximate surface area is 89.0 Å². The number of aliphatic carboxylic acids is 1. The number of allylic oxidation sites excluding steroid dienone is 1. The quantitative estimate of drug-likeness (QED) is 0.805. The van der Waals surface area contributed by atoms with Crippen LogP contribution in [0.3, 0.4) is 0 Å². The maximum atomic E-state index is 10.3. The highest BCUT2D eigenvalue weighted by molar-refractivity contribution is 5.66. The Bertz CT molecular complexity index is 356. The van der Waals surface area contributed by atoms with Crippen molar-refractivity contribution in [3.05, 3.63) is 35.9 Å². The summed E-state index contributed by atoms with van der Waals surface area (Å²) < 4.78 is 5.37. The first-order valence-electron chi connectivity index (χ1n) is 4.80. The zero-order valence-electron chi connectivity index (χ0n) is 8.64. The number of carbonyl (C=O) groups is 1. The third-order valence-corrected chi connectivity index (χ3v) is 1.84. The van der Waals surface area contributed by atoms with Gasteiger partial charge in [-0.25, -0.2) is 0 Å². The van der Waals surface area contributed by atoms with Gasteiger partial charge in [0.15, 0.2) is 0 Å². The Balaban J connectivity index is 2.63. The van der Waals surface area contributed by atoms with Crippen molar-refractivity contribution in [3.63, 3.8) is 0 Å². The lowest BCUT2D eigenvalue weighted by Gasteiger charge is -2.07. The Morgan fingerprint density at radius 2 is 2.20 bits per heavy atom. The van der Waals surface area contributed by atoms with Crippen molar-refractivity contribution in [2.75, 3.05) is 6.61 Å². The van der Waals surface area contributed by atoms with Crippen molar-refractivity contribution in [2.45, 2.75) is 13.3 Å². The van der Waals surface area contributed by atoms with Crippen LogP contribution in [0.5, 0.6) is 5.75 Å². The van der Waals surface area contributed by atoms with Gasteiger partial charge in [-0.1, -0.05) is 30.4 Å². The lowest BCUT2D eigenvalue weighted by atomic mass is 10.2. The van der Waals surface area contributed by atoms with Crippen LogP contribution in [0.2, 0.25) is 0 Å². The molecule has 1 N–H and O–H groups in total. The van der Waals surface area contributed by atoms with E-state index in [9.17, 15) is 4.79 Å². The molecule has 1 aromatic rings. The molecule has 0 aliphatic carbocycles. The van der Waals surface area contributed by atoms with Gasteiger partial charge in [-0.3, -0.25) is 4.79 Å². The normalized spacial score (nSPS) is 10.5. The molecular weight excluding hydrogens is 192 g/mol. The smallest absolute Gasteiger partial charge is 0.306 e. The van der Waals surface area contributed by atoms with Gasteiger partial charge in [0.1, 0.15) is 5.75 Å². The molecule has 3 heteroatoms. The second kappa shape index (κ2) is 5.86. The van der Waals surface area contributed by atoms with Gasteiger partial charge in [-0.05, 0) is 13.0 Å². The molecule has 0 amide bonds. The van der Waals surface area contributed by atoms with Crippen LogP contribution in [0, 0.1) is 0 Å². The number of rotatable bonds is 5. The van der Waals surface area contributed by atoms with Gasteiger partial charge in [0.2, 0.25) is 0 Å². The maximum Gasteiger partial charge on any atom is 0.306 e. The molecule has 0 unspecified atom stereocenters. The predicted octanol–water partition coefficient (Wildman–Crippen LogP) is 2.57. The molecule has 80 valence electrons. The van der Waals surface area contributed by atoms with Gasteiger partial charge in [0, 0.05) is 5.56 Å². The molecular formula is C12H14O3. The number of ether oxygens (including phenoxy) is 1. The minimum atomic E-state index is -0.849. The van der Waals surface area contributed by atoms with Crippen molar-refractivity contribution in [2.24, 2.45) is 0 Å². The van der Waals surface area contributed by atoms with Gasteiger partial charge in [0.25, 0.3) is 0 Å². The van der Waals surface area contributed by atoms with Crippen LogP contribution < -0.4 is 4.74 Å². The fourth-order valence-electron chi connectivity index (χ4n) is 1.18. The molecule has 0 atom stereocenters. The SMILES string of the molecule is C/C=C/c1ccccc1OCCC(=O)O. The largest absolute Gasteiger partial charge is 0.492 e. The summed E-state index contributed by atoms with van der Waals surface area (Å²) in [6.07, 6.45) is 3.86. The first-order chi connectivity index (χ1) is 7.24. The fourth-order valence-corrected chi connectivity index (χ4v) is 1.18. The van der Waals surface area contributed by atoms with E-state index in [0.717, 1.165) is 11.3 Å². The predicted molar refractivity (Wildman–Crippen MR) is 58.9 cm³/mol. The zero-order valence-corrected chi connectivity index (χ0v) is 8.64. The molecule has 1 rings (SSSR count). The molecule has 0 saturated carbocycles. The first kappa shape index (κ1) is 11.3. The summed E-state index contributed by atoms with van der Waals surface area (Å²) in [4.78, 5) is 10.3. The second-order valence-corrected chi connectivity index (χ2v) is 3.03. The number of benzene rings is 1. The van der Waals surface area contributed by atoms with Crippen LogP contribution in [-0.2, 0) is 4.79 Å². The Morgan fingerprint density at radius 3 is 2.87 bits per heavy atom. The fraction of sp³-hybridized carbons (Fsp3) is 0.250. The summed E-state index contributed by atoms with van der Waals surface area (Å²) in [5, 5.41) is 8.47. The first-order valence-corrected chi connectivity index (χ1v) is 4.80. The number of carboxylic acids is 1. The van der Waals surface area contributed by atoms with Crippen molar-refractivity contribution < 1.29 is 14.6 Å². The van der Waals surface area contributed by atoms with Crippen LogP contribution >= 0.6 is 0 Å². The van der Waals surface area contributed by atoms with Crippen LogP contribution in [-0.4, -0.2) is 17.7 Å². The van der Waals surface area contributed by atoms with E-state index < -0.39 is 5.97 Å². The Hall–Kier alpha value is -1.77. The molecule has 0 aromatic heterocycles. The number of para-hydroxylation sites is 1. The van der Waals surface area contributed by atoms with E-state index in [4.69, 9.17) is 9.84 Å². The van der Waals surface area contributed by atoms with Gasteiger partial charge < -0.3 is 9.84 Å². The lowest BCUT2D eigenvalue weighted by molar-refractivity contribution is -0.137. The van der Waals surface area contributed by atoms with Gasteiger partial charge in [-0.2, -0.15) is 0 Å². The summed E-state index contributed by atoms with van der Waals surface area (Å²) in [6.45, 7) is 2.12. The van der Waals surface area contributed by atoms with E-state index in [1.807, 2.05) is 43.3 Å². The highest BCUT2D eigenvalue weighted by Gasteiger charge is 2.01. The van der Waals surface area contributed by atoms with E-state index in [1.165, 1.54) is 0 Å². The molecule has 0 aliphatic rings. The highest BCUT2D eigenvalue weighted by Crippen LogP contribution is 2.19. The number of hydrogen-bond acceptors (Lipinski definition) is 2. The zero-order chi connectivity index (χ0) is 11.1. The molecule has 0 saturated heterocycles. The summed E-state index contributed by atoms with van der Waals surface area (Å²) in [7, 11) is 0. The van der Waals surface area contributed by atoms with Gasteiger partial charge in [0.05, 0.1) is 13.0 Å². The van der Waals surface area contributed by atoms with Gasteiger partial charge >= 0.3 is 5.97 Å². The van der Waals surface area contributed by atoms with E-state index in [0.29, 0.717) is 0 Å². The van der Waals surface area contributed by atoms with Crippen LogP contribution in [0.15, 0.2) is 30.3 Å². The Kier molecular flexibility index (Phi) is 4.41. The van der Waals surface area contributed by atoms with Crippen molar-refractivity contribution >= 4 is 12.0 Å². The minimum absolute atomic E-state index is 0.0180. The molecule has 0 bridgehead atoms. The van der Waals surface area contributed by atoms with E-state index in [1.54, 1.807) is 0 Å². The highest BCUT2D eigenvalue weighted by atomic mass is 16.5. The van der Waals surface area contributed by atoms with Crippen LogP contribution in [0.4, 0.5) is 0 Å². The van der Waals surface area contributed by atoms with Crippen molar-refractivity contribution in [3.8, 4) is 5.75 Å². The lowest BCUT2D eigenvalue weighted by Crippen LogP contribution is -2.05. The van der Waals surface area contributed by atoms with Crippen molar-refractivity contribution in [1.82, 2.24) is 0 Å². The summed E-state index contributed by atoms with van der Waals surface area (Å²) >= 11 is 0.